The number of nitro benzene ring substituents is 2. The van der Waals surface area contributed by atoms with Crippen molar-refractivity contribution in [3.05, 3.63) is 92.5 Å². The van der Waals surface area contributed by atoms with Crippen molar-refractivity contribution in [2.75, 3.05) is 18.4 Å². The first-order chi connectivity index (χ1) is 17.5. The third-order valence-electron chi connectivity index (χ3n) is 5.91. The van der Waals surface area contributed by atoms with Gasteiger partial charge in [-0.1, -0.05) is 49.2 Å². The molecule has 0 saturated heterocycles. The number of pyridine rings is 1. The SMILES string of the molecule is O=C(NCCCCCCNc1c2ccccc2nc2ccccc12)c1ccc([N+](=O)[O-])c([N+](=O)[O-])c1. The Balaban J connectivity index is 1.23. The van der Waals surface area contributed by atoms with Crippen LogP contribution in [0.2, 0.25) is 0 Å². The Morgan fingerprint density at radius 1 is 0.750 bits per heavy atom. The van der Waals surface area contributed by atoms with Gasteiger partial charge < -0.3 is 10.6 Å². The van der Waals surface area contributed by atoms with Crippen molar-refractivity contribution in [3.63, 3.8) is 0 Å². The third kappa shape index (κ3) is 5.54. The second-order valence-electron chi connectivity index (χ2n) is 8.34. The van der Waals surface area contributed by atoms with E-state index < -0.39 is 27.1 Å². The molecule has 0 aliphatic carbocycles. The number of nitrogens with zero attached hydrogens (tertiary/aromatic N) is 3. The number of nitrogens with one attached hydrogen (secondary N) is 2. The second-order valence-corrected chi connectivity index (χ2v) is 8.34. The summed E-state index contributed by atoms with van der Waals surface area (Å²) >= 11 is 0. The minimum Gasteiger partial charge on any atom is -0.384 e. The Kier molecular flexibility index (Phi) is 7.64. The fourth-order valence-electron chi connectivity index (χ4n) is 4.12. The highest BCUT2D eigenvalue weighted by atomic mass is 16.6. The van der Waals surface area contributed by atoms with Gasteiger partial charge in [0.05, 0.1) is 26.6 Å². The molecule has 4 aromatic rings. The molecule has 3 aromatic carbocycles. The highest BCUT2D eigenvalue weighted by Gasteiger charge is 2.25. The number of benzene rings is 3. The maximum absolute atomic E-state index is 12.3. The zero-order valence-electron chi connectivity index (χ0n) is 19.5. The van der Waals surface area contributed by atoms with E-state index in [0.717, 1.165) is 71.9 Å². The van der Waals surface area contributed by atoms with Crippen molar-refractivity contribution in [3.8, 4) is 0 Å². The number of hydrogen-bond donors (Lipinski definition) is 2. The lowest BCUT2D eigenvalue weighted by Gasteiger charge is -2.13. The van der Waals surface area contributed by atoms with Gasteiger partial charge in [0.25, 0.3) is 5.91 Å². The number of carbonyl (C=O) groups excluding carboxylic acids is 1. The van der Waals surface area contributed by atoms with Gasteiger partial charge in [-0.15, -0.1) is 0 Å². The summed E-state index contributed by atoms with van der Waals surface area (Å²) in [6, 6.07) is 19.3. The Labute approximate surface area is 206 Å². The third-order valence-corrected chi connectivity index (χ3v) is 5.91. The van der Waals surface area contributed by atoms with Crippen LogP contribution in [0.3, 0.4) is 0 Å². The van der Waals surface area contributed by atoms with E-state index in [0.29, 0.717) is 6.54 Å². The standard InChI is InChI=1S/C26H25N5O5/c32-26(18-13-14-23(30(33)34)24(17-18)31(35)36)28-16-8-2-1-7-15-27-25-19-9-3-5-11-21(19)29-22-12-6-4-10-20(22)25/h3-6,9-14,17H,1-2,7-8,15-16H2,(H,27,29)(H,28,32). The van der Waals surface area contributed by atoms with E-state index in [1.165, 1.54) is 6.07 Å². The van der Waals surface area contributed by atoms with Crippen molar-refractivity contribution in [2.45, 2.75) is 25.7 Å². The average molecular weight is 488 g/mol. The molecule has 0 bridgehead atoms. The summed E-state index contributed by atoms with van der Waals surface area (Å²) in [5, 5.41) is 30.5. The van der Waals surface area contributed by atoms with Crippen LogP contribution >= 0.6 is 0 Å². The lowest BCUT2D eigenvalue weighted by molar-refractivity contribution is -0.422. The number of fused-ring (bicyclic) bond motifs is 2. The highest BCUT2D eigenvalue weighted by Crippen LogP contribution is 2.30. The minimum atomic E-state index is -0.861. The Morgan fingerprint density at radius 2 is 1.33 bits per heavy atom. The number of nitro groups is 2. The molecule has 4 rings (SSSR count). The molecule has 0 unspecified atom stereocenters. The molecule has 184 valence electrons. The molecule has 0 aliphatic heterocycles. The van der Waals surface area contributed by atoms with Gasteiger partial charge in [-0.25, -0.2) is 4.98 Å². The molecule has 0 fully saturated rings. The quantitative estimate of drug-likeness (QED) is 0.121. The second kappa shape index (κ2) is 11.2. The summed E-state index contributed by atoms with van der Waals surface area (Å²) in [6.45, 7) is 1.22. The maximum Gasteiger partial charge on any atom is 0.346 e. The summed E-state index contributed by atoms with van der Waals surface area (Å²) in [6.07, 6.45) is 3.57. The smallest absolute Gasteiger partial charge is 0.346 e. The predicted octanol–water partition coefficient (Wildman–Crippen LogP) is 5.61. The zero-order chi connectivity index (χ0) is 25.5. The first-order valence-corrected chi connectivity index (χ1v) is 11.7. The van der Waals surface area contributed by atoms with Crippen LogP contribution in [0.5, 0.6) is 0 Å². The topological polar surface area (TPSA) is 140 Å². The molecule has 0 radical (unpaired) electrons. The van der Waals surface area contributed by atoms with Gasteiger partial charge in [0.1, 0.15) is 0 Å². The van der Waals surface area contributed by atoms with Crippen LogP contribution in [0, 0.1) is 20.2 Å². The summed E-state index contributed by atoms with van der Waals surface area (Å²) in [5.74, 6) is -0.494. The lowest BCUT2D eigenvalue weighted by atomic mass is 10.1. The summed E-state index contributed by atoms with van der Waals surface area (Å²) < 4.78 is 0. The number of carbonyl (C=O) groups is 1. The van der Waals surface area contributed by atoms with Crippen LogP contribution in [0.1, 0.15) is 36.0 Å². The van der Waals surface area contributed by atoms with E-state index in [9.17, 15) is 25.0 Å². The number of para-hydroxylation sites is 2. The molecule has 0 saturated carbocycles. The molecule has 1 heterocycles. The monoisotopic (exact) mass is 487 g/mol. The molecule has 0 spiro atoms. The number of aromatic nitrogens is 1. The van der Waals surface area contributed by atoms with Gasteiger partial charge >= 0.3 is 11.4 Å². The van der Waals surface area contributed by atoms with Crippen molar-refractivity contribution >= 4 is 44.8 Å². The number of hydrogen-bond acceptors (Lipinski definition) is 7. The van der Waals surface area contributed by atoms with Gasteiger partial charge in [0, 0.05) is 41.6 Å². The molecular formula is C26H25N5O5. The number of amides is 1. The molecular weight excluding hydrogens is 462 g/mol. The van der Waals surface area contributed by atoms with Crippen LogP contribution in [0.4, 0.5) is 17.1 Å². The van der Waals surface area contributed by atoms with E-state index in [1.54, 1.807) is 0 Å². The fourth-order valence-corrected chi connectivity index (χ4v) is 4.12. The number of rotatable bonds is 11. The molecule has 2 N–H and O–H groups in total. The van der Waals surface area contributed by atoms with Crippen LogP contribution in [-0.2, 0) is 0 Å². The maximum atomic E-state index is 12.3. The summed E-state index contributed by atoms with van der Waals surface area (Å²) in [4.78, 5) is 37.3. The molecule has 0 atom stereocenters. The van der Waals surface area contributed by atoms with Crippen molar-refractivity contribution in [1.82, 2.24) is 10.3 Å². The zero-order valence-corrected chi connectivity index (χ0v) is 19.5. The first kappa shape index (κ1) is 24.5. The molecule has 0 aliphatic rings. The van der Waals surface area contributed by atoms with Crippen LogP contribution < -0.4 is 10.6 Å². The molecule has 1 amide bonds. The average Bonchev–Trinajstić information content (AvgIpc) is 2.88. The Bertz CT molecular complexity index is 1390. The van der Waals surface area contributed by atoms with Gasteiger partial charge in [0.2, 0.25) is 0 Å². The Hall–Kier alpha value is -4.60. The van der Waals surface area contributed by atoms with Gasteiger partial charge in [-0.05, 0) is 31.0 Å². The molecule has 10 nitrogen and oxygen atoms in total. The van der Waals surface area contributed by atoms with Gasteiger partial charge in [-0.2, -0.15) is 0 Å². The van der Waals surface area contributed by atoms with Crippen molar-refractivity contribution in [1.29, 1.82) is 0 Å². The molecule has 10 heteroatoms. The van der Waals surface area contributed by atoms with Crippen LogP contribution in [-0.4, -0.2) is 33.8 Å². The lowest BCUT2D eigenvalue weighted by Crippen LogP contribution is -2.24. The largest absolute Gasteiger partial charge is 0.384 e. The molecule has 1 aromatic heterocycles. The minimum absolute atomic E-state index is 0.0216. The van der Waals surface area contributed by atoms with E-state index >= 15 is 0 Å². The predicted molar refractivity (Wildman–Crippen MR) is 138 cm³/mol. The normalized spacial score (nSPS) is 10.9. The highest BCUT2D eigenvalue weighted by molar-refractivity contribution is 6.07. The summed E-state index contributed by atoms with van der Waals surface area (Å²) in [5.41, 5.74) is 1.67. The van der Waals surface area contributed by atoms with E-state index in [1.807, 2.05) is 36.4 Å². The van der Waals surface area contributed by atoms with Crippen molar-refractivity contribution in [2.24, 2.45) is 0 Å². The van der Waals surface area contributed by atoms with E-state index in [2.05, 4.69) is 22.8 Å². The van der Waals surface area contributed by atoms with E-state index in [4.69, 9.17) is 4.98 Å². The number of anilines is 1. The molecule has 36 heavy (non-hydrogen) atoms. The van der Waals surface area contributed by atoms with Gasteiger partial charge in [-0.3, -0.25) is 25.0 Å². The van der Waals surface area contributed by atoms with Crippen LogP contribution in [0.25, 0.3) is 21.8 Å². The Morgan fingerprint density at radius 3 is 1.94 bits per heavy atom. The summed E-state index contributed by atoms with van der Waals surface area (Å²) in [7, 11) is 0. The van der Waals surface area contributed by atoms with Crippen LogP contribution in [0.15, 0.2) is 66.7 Å². The fraction of sp³-hybridized carbons (Fsp3) is 0.231. The number of unbranched alkanes of at least 4 members (excludes halogenated alkanes) is 3. The first-order valence-electron chi connectivity index (χ1n) is 11.7. The van der Waals surface area contributed by atoms with Gasteiger partial charge in [0.15, 0.2) is 0 Å². The van der Waals surface area contributed by atoms with E-state index in [-0.39, 0.29) is 5.56 Å². The van der Waals surface area contributed by atoms with Crippen molar-refractivity contribution < 1.29 is 14.6 Å².